The van der Waals surface area contributed by atoms with Crippen molar-refractivity contribution in [2.24, 2.45) is 11.8 Å². The largest absolute Gasteiger partial charge is 0.467 e. The van der Waals surface area contributed by atoms with E-state index in [4.69, 9.17) is 9.47 Å². The fraction of sp³-hybridized carbons (Fsp3) is 0.875. The molecule has 1 saturated heterocycles. The van der Waals surface area contributed by atoms with Gasteiger partial charge in [-0.25, -0.2) is 9.59 Å². The lowest BCUT2D eigenvalue weighted by atomic mass is 9.98. The molecule has 0 N–H and O–H groups in total. The first-order chi connectivity index (χ1) is 9.80. The minimum Gasteiger partial charge on any atom is -0.467 e. The first-order valence-electron chi connectivity index (χ1n) is 7.87. The summed E-state index contributed by atoms with van der Waals surface area (Å²) in [5, 5.41) is 0. The van der Waals surface area contributed by atoms with E-state index in [9.17, 15) is 9.59 Å². The summed E-state index contributed by atoms with van der Waals surface area (Å²) in [4.78, 5) is 25.8. The fourth-order valence-corrected chi connectivity index (χ4v) is 2.89. The Morgan fingerprint density at radius 2 is 1.76 bits per heavy atom. The van der Waals surface area contributed by atoms with Gasteiger partial charge in [0.25, 0.3) is 0 Å². The zero-order valence-corrected chi connectivity index (χ0v) is 13.6. The van der Waals surface area contributed by atoms with Crippen molar-refractivity contribution in [1.82, 2.24) is 4.90 Å². The second-order valence-corrected chi connectivity index (χ2v) is 7.29. The maximum atomic E-state index is 12.3. The molecule has 2 fully saturated rings. The highest BCUT2D eigenvalue weighted by molar-refractivity contribution is 5.82. The Labute approximate surface area is 127 Å². The van der Waals surface area contributed by atoms with Crippen molar-refractivity contribution < 1.29 is 19.1 Å². The molecule has 0 aromatic heterocycles. The maximum Gasteiger partial charge on any atom is 0.411 e. The van der Waals surface area contributed by atoms with Crippen LogP contribution in [0.5, 0.6) is 0 Å². The molecule has 1 aliphatic carbocycles. The molecule has 0 aromatic carbocycles. The van der Waals surface area contributed by atoms with Gasteiger partial charge in [-0.3, -0.25) is 4.90 Å². The van der Waals surface area contributed by atoms with Gasteiger partial charge < -0.3 is 9.47 Å². The van der Waals surface area contributed by atoms with E-state index in [1.54, 1.807) is 4.90 Å². The molecule has 2 rings (SSSR count). The number of hydrogen-bond donors (Lipinski definition) is 0. The Morgan fingerprint density at radius 3 is 2.29 bits per heavy atom. The van der Waals surface area contributed by atoms with E-state index in [-0.39, 0.29) is 5.97 Å². The molecule has 0 aromatic rings. The number of nitrogens with zero attached hydrogens (tertiary/aromatic N) is 1. The van der Waals surface area contributed by atoms with E-state index in [1.165, 1.54) is 26.4 Å². The van der Waals surface area contributed by atoms with Crippen LogP contribution in [0, 0.1) is 11.8 Å². The van der Waals surface area contributed by atoms with E-state index in [0.29, 0.717) is 18.9 Å². The topological polar surface area (TPSA) is 55.8 Å². The number of methoxy groups -OCH3 is 1. The first-order valence-corrected chi connectivity index (χ1v) is 7.87. The van der Waals surface area contributed by atoms with Crippen LogP contribution in [0.25, 0.3) is 0 Å². The summed E-state index contributed by atoms with van der Waals surface area (Å²) in [5.41, 5.74) is -0.552. The highest BCUT2D eigenvalue weighted by atomic mass is 16.6. The van der Waals surface area contributed by atoms with E-state index in [0.717, 1.165) is 12.3 Å². The summed E-state index contributed by atoms with van der Waals surface area (Å²) in [5.74, 6) is 0.911. The summed E-state index contributed by atoms with van der Waals surface area (Å²) in [6, 6.07) is -0.492. The molecule has 0 radical (unpaired) electrons. The van der Waals surface area contributed by atoms with Crippen molar-refractivity contribution in [3.05, 3.63) is 0 Å². The molecule has 120 valence electrons. The molecule has 0 spiro atoms. The minimum absolute atomic E-state index is 0.338. The number of rotatable bonds is 4. The predicted molar refractivity (Wildman–Crippen MR) is 78.8 cm³/mol. The van der Waals surface area contributed by atoms with Crippen molar-refractivity contribution in [3.63, 3.8) is 0 Å². The number of ether oxygens (including phenoxy) is 2. The number of carbonyl (C=O) groups is 2. The zero-order valence-electron chi connectivity index (χ0n) is 13.6. The van der Waals surface area contributed by atoms with E-state index < -0.39 is 17.7 Å². The van der Waals surface area contributed by atoms with Gasteiger partial charge >= 0.3 is 12.1 Å². The highest BCUT2D eigenvalue weighted by Crippen LogP contribution is 2.37. The fourth-order valence-electron chi connectivity index (χ4n) is 2.89. The summed E-state index contributed by atoms with van der Waals surface area (Å²) in [7, 11) is 1.37. The standard InChI is InChI=1S/C16H27NO4/c1-16(2,3)21-15(19)17-10-12(8-7-11-5-6-11)9-13(17)14(18)20-4/h11-13H,5-10H2,1-4H3. The van der Waals surface area contributed by atoms with Gasteiger partial charge in [-0.15, -0.1) is 0 Å². The summed E-state index contributed by atoms with van der Waals surface area (Å²) >= 11 is 0. The van der Waals surface area contributed by atoms with Crippen LogP contribution in [0.3, 0.4) is 0 Å². The van der Waals surface area contributed by atoms with Crippen molar-refractivity contribution in [1.29, 1.82) is 0 Å². The molecule has 21 heavy (non-hydrogen) atoms. The molecule has 5 nitrogen and oxygen atoms in total. The second-order valence-electron chi connectivity index (χ2n) is 7.29. The quantitative estimate of drug-likeness (QED) is 0.749. The second kappa shape index (κ2) is 6.24. The number of likely N-dealkylation sites (tertiary alicyclic amines) is 1. The van der Waals surface area contributed by atoms with Gasteiger partial charge in [0, 0.05) is 6.54 Å². The Balaban J connectivity index is 1.97. The van der Waals surface area contributed by atoms with Gasteiger partial charge in [-0.05, 0) is 45.4 Å². The molecule has 2 unspecified atom stereocenters. The Bertz CT molecular complexity index is 398. The predicted octanol–water partition coefficient (Wildman–Crippen LogP) is 2.98. The summed E-state index contributed by atoms with van der Waals surface area (Å²) in [6.07, 6.45) is 5.25. The average molecular weight is 297 g/mol. The summed E-state index contributed by atoms with van der Waals surface area (Å²) in [6.45, 7) is 6.09. The van der Waals surface area contributed by atoms with Gasteiger partial charge in [0.15, 0.2) is 0 Å². The third-order valence-corrected chi connectivity index (χ3v) is 4.17. The molecular weight excluding hydrogens is 270 g/mol. The van der Waals surface area contributed by atoms with Gasteiger partial charge in [0.05, 0.1) is 7.11 Å². The normalized spacial score (nSPS) is 25.8. The molecule has 1 saturated carbocycles. The molecule has 1 amide bonds. The van der Waals surface area contributed by atoms with E-state index in [1.807, 2.05) is 20.8 Å². The Morgan fingerprint density at radius 1 is 1.14 bits per heavy atom. The molecule has 2 atom stereocenters. The molecule has 1 heterocycles. The van der Waals surface area contributed by atoms with Gasteiger partial charge in [-0.1, -0.05) is 19.3 Å². The van der Waals surface area contributed by atoms with Crippen LogP contribution in [-0.2, 0) is 14.3 Å². The molecule has 2 aliphatic rings. The van der Waals surface area contributed by atoms with E-state index in [2.05, 4.69) is 0 Å². The zero-order chi connectivity index (χ0) is 15.6. The van der Waals surface area contributed by atoms with Crippen LogP contribution < -0.4 is 0 Å². The van der Waals surface area contributed by atoms with Crippen LogP contribution in [0.1, 0.15) is 52.9 Å². The third-order valence-electron chi connectivity index (χ3n) is 4.17. The number of amides is 1. The molecular formula is C16H27NO4. The third kappa shape index (κ3) is 4.61. The Hall–Kier alpha value is -1.26. The van der Waals surface area contributed by atoms with Crippen molar-refractivity contribution in [2.75, 3.05) is 13.7 Å². The lowest BCUT2D eigenvalue weighted by Crippen LogP contribution is -2.43. The summed E-state index contributed by atoms with van der Waals surface area (Å²) < 4.78 is 10.3. The van der Waals surface area contributed by atoms with Crippen LogP contribution in [0.2, 0.25) is 0 Å². The van der Waals surface area contributed by atoms with Gasteiger partial charge in [0.1, 0.15) is 11.6 Å². The lowest BCUT2D eigenvalue weighted by molar-refractivity contribution is -0.145. The molecule has 0 bridgehead atoms. The minimum atomic E-state index is -0.552. The van der Waals surface area contributed by atoms with Crippen LogP contribution in [-0.4, -0.2) is 42.3 Å². The number of hydrogen-bond acceptors (Lipinski definition) is 4. The van der Waals surface area contributed by atoms with Gasteiger partial charge in [-0.2, -0.15) is 0 Å². The van der Waals surface area contributed by atoms with Gasteiger partial charge in [0.2, 0.25) is 0 Å². The SMILES string of the molecule is COC(=O)C1CC(CCC2CC2)CN1C(=O)OC(C)(C)C. The van der Waals surface area contributed by atoms with Crippen molar-refractivity contribution in [3.8, 4) is 0 Å². The van der Waals surface area contributed by atoms with Crippen LogP contribution in [0.15, 0.2) is 0 Å². The van der Waals surface area contributed by atoms with Crippen molar-refractivity contribution >= 4 is 12.1 Å². The molecule has 5 heteroatoms. The van der Waals surface area contributed by atoms with E-state index >= 15 is 0 Å². The Kier molecular flexibility index (Phi) is 4.79. The average Bonchev–Trinajstić information content (AvgIpc) is 3.11. The number of esters is 1. The smallest absolute Gasteiger partial charge is 0.411 e. The van der Waals surface area contributed by atoms with Crippen LogP contribution >= 0.6 is 0 Å². The number of carbonyl (C=O) groups excluding carboxylic acids is 2. The first kappa shape index (κ1) is 16.1. The van der Waals surface area contributed by atoms with Crippen molar-refractivity contribution in [2.45, 2.75) is 64.5 Å². The maximum absolute atomic E-state index is 12.3. The highest BCUT2D eigenvalue weighted by Gasteiger charge is 2.42. The lowest BCUT2D eigenvalue weighted by Gasteiger charge is -2.27. The molecule has 1 aliphatic heterocycles. The monoisotopic (exact) mass is 297 g/mol. The van der Waals surface area contributed by atoms with Crippen LogP contribution in [0.4, 0.5) is 4.79 Å².